The minimum Gasteiger partial charge on any atom is -0.494 e. The van der Waals surface area contributed by atoms with Crippen LogP contribution in [0.25, 0.3) is 5.57 Å². The number of hydrogen-bond acceptors (Lipinski definition) is 4. The molecule has 0 unspecified atom stereocenters. The van der Waals surface area contributed by atoms with E-state index in [1.807, 2.05) is 85.8 Å². The summed E-state index contributed by atoms with van der Waals surface area (Å²) in [4.78, 5) is 28.3. The number of ether oxygens (including phenoxy) is 1. The molecule has 5 nitrogen and oxygen atoms in total. The summed E-state index contributed by atoms with van der Waals surface area (Å²) in [6.07, 6.45) is 0. The Balaban J connectivity index is 1.72. The van der Waals surface area contributed by atoms with Crippen molar-refractivity contribution in [2.24, 2.45) is 0 Å². The van der Waals surface area contributed by atoms with Gasteiger partial charge in [0.25, 0.3) is 11.8 Å². The SMILES string of the molecule is CCOc1ccc(NC2=C(c3ccccc3)C(=O)N(c3ccc(C(C)(C)C)cc3)C2=O)cc1. The van der Waals surface area contributed by atoms with Crippen molar-refractivity contribution in [3.63, 3.8) is 0 Å². The van der Waals surface area contributed by atoms with Gasteiger partial charge in [0.1, 0.15) is 11.4 Å². The molecule has 1 heterocycles. The Kier molecular flexibility index (Phi) is 6.05. The Morgan fingerprint density at radius 1 is 0.818 bits per heavy atom. The number of nitrogens with zero attached hydrogens (tertiary/aromatic N) is 1. The summed E-state index contributed by atoms with van der Waals surface area (Å²) in [5.41, 5.74) is 3.67. The van der Waals surface area contributed by atoms with Crippen molar-refractivity contribution in [2.75, 3.05) is 16.8 Å². The van der Waals surface area contributed by atoms with Gasteiger partial charge in [-0.3, -0.25) is 9.59 Å². The van der Waals surface area contributed by atoms with Crippen LogP contribution in [0.5, 0.6) is 5.75 Å². The summed E-state index contributed by atoms with van der Waals surface area (Å²) in [7, 11) is 0. The smallest absolute Gasteiger partial charge is 0.282 e. The molecule has 168 valence electrons. The van der Waals surface area contributed by atoms with Gasteiger partial charge in [-0.2, -0.15) is 0 Å². The number of nitrogens with one attached hydrogen (secondary N) is 1. The van der Waals surface area contributed by atoms with Crippen molar-refractivity contribution in [3.05, 3.63) is 95.7 Å². The monoisotopic (exact) mass is 440 g/mol. The van der Waals surface area contributed by atoms with Gasteiger partial charge in [0.05, 0.1) is 17.9 Å². The maximum Gasteiger partial charge on any atom is 0.282 e. The van der Waals surface area contributed by atoms with Crippen LogP contribution in [-0.4, -0.2) is 18.4 Å². The van der Waals surface area contributed by atoms with Crippen molar-refractivity contribution in [1.29, 1.82) is 0 Å². The molecule has 1 N–H and O–H groups in total. The van der Waals surface area contributed by atoms with E-state index in [-0.39, 0.29) is 22.9 Å². The summed E-state index contributed by atoms with van der Waals surface area (Å²) in [6.45, 7) is 8.88. The van der Waals surface area contributed by atoms with Gasteiger partial charge in [0.15, 0.2) is 0 Å². The fraction of sp³-hybridized carbons (Fsp3) is 0.214. The van der Waals surface area contributed by atoms with E-state index in [0.717, 1.165) is 11.3 Å². The Morgan fingerprint density at radius 3 is 2.03 bits per heavy atom. The molecule has 0 radical (unpaired) electrons. The van der Waals surface area contributed by atoms with Gasteiger partial charge in [-0.15, -0.1) is 0 Å². The lowest BCUT2D eigenvalue weighted by Crippen LogP contribution is -2.32. The normalized spacial score (nSPS) is 14.1. The molecule has 0 aromatic heterocycles. The summed E-state index contributed by atoms with van der Waals surface area (Å²) in [6, 6.07) is 24.2. The van der Waals surface area contributed by atoms with Gasteiger partial charge in [0.2, 0.25) is 0 Å². The van der Waals surface area contributed by atoms with E-state index in [0.29, 0.717) is 29.1 Å². The van der Waals surface area contributed by atoms with Gasteiger partial charge >= 0.3 is 0 Å². The Morgan fingerprint density at radius 2 is 1.45 bits per heavy atom. The highest BCUT2D eigenvalue weighted by Crippen LogP contribution is 2.35. The third-order valence-electron chi connectivity index (χ3n) is 5.57. The lowest BCUT2D eigenvalue weighted by Gasteiger charge is -2.21. The van der Waals surface area contributed by atoms with E-state index in [1.165, 1.54) is 4.90 Å². The summed E-state index contributed by atoms with van der Waals surface area (Å²) in [5.74, 6) is 0.0223. The molecule has 0 saturated heterocycles. The molecule has 0 fully saturated rings. The number of carbonyl (C=O) groups excluding carboxylic acids is 2. The Bertz CT molecular complexity index is 1190. The number of imide groups is 1. The van der Waals surface area contributed by atoms with Crippen molar-refractivity contribution in [3.8, 4) is 5.75 Å². The number of benzene rings is 3. The van der Waals surface area contributed by atoms with Gasteiger partial charge in [-0.1, -0.05) is 63.2 Å². The van der Waals surface area contributed by atoms with Gasteiger partial charge in [-0.05, 0) is 59.9 Å². The third kappa shape index (κ3) is 4.53. The quantitative estimate of drug-likeness (QED) is 0.494. The highest BCUT2D eigenvalue weighted by Gasteiger charge is 2.40. The third-order valence-corrected chi connectivity index (χ3v) is 5.57. The molecule has 0 atom stereocenters. The predicted octanol–water partition coefficient (Wildman–Crippen LogP) is 5.78. The van der Waals surface area contributed by atoms with E-state index in [1.54, 1.807) is 0 Å². The van der Waals surface area contributed by atoms with E-state index in [4.69, 9.17) is 4.74 Å². The van der Waals surface area contributed by atoms with Crippen molar-refractivity contribution < 1.29 is 14.3 Å². The van der Waals surface area contributed by atoms with Crippen LogP contribution in [0.4, 0.5) is 11.4 Å². The average molecular weight is 441 g/mol. The molecule has 4 rings (SSSR count). The van der Waals surface area contributed by atoms with Crippen LogP contribution in [0.2, 0.25) is 0 Å². The first-order valence-electron chi connectivity index (χ1n) is 11.1. The minimum absolute atomic E-state index is 0.0224. The molecule has 3 aromatic rings. The number of hydrogen-bond donors (Lipinski definition) is 1. The molecule has 0 saturated carbocycles. The molecule has 0 bridgehead atoms. The fourth-order valence-corrected chi connectivity index (χ4v) is 3.81. The van der Waals surface area contributed by atoms with E-state index >= 15 is 0 Å². The molecule has 1 aliphatic rings. The lowest BCUT2D eigenvalue weighted by atomic mass is 9.87. The fourth-order valence-electron chi connectivity index (χ4n) is 3.81. The van der Waals surface area contributed by atoms with Crippen molar-refractivity contribution in [1.82, 2.24) is 0 Å². The molecule has 0 aliphatic carbocycles. The second-order valence-corrected chi connectivity index (χ2v) is 8.94. The van der Waals surface area contributed by atoms with E-state index < -0.39 is 0 Å². The maximum atomic E-state index is 13.5. The van der Waals surface area contributed by atoms with Crippen LogP contribution < -0.4 is 15.0 Å². The van der Waals surface area contributed by atoms with Crippen molar-refractivity contribution >= 4 is 28.8 Å². The molecule has 1 aliphatic heterocycles. The van der Waals surface area contributed by atoms with Crippen LogP contribution in [-0.2, 0) is 15.0 Å². The molecule has 2 amide bonds. The Hall–Kier alpha value is -3.86. The molecular formula is C28H28N2O3. The highest BCUT2D eigenvalue weighted by atomic mass is 16.5. The second kappa shape index (κ2) is 8.94. The van der Waals surface area contributed by atoms with Crippen LogP contribution in [0.1, 0.15) is 38.8 Å². The molecule has 0 spiro atoms. The van der Waals surface area contributed by atoms with Crippen LogP contribution in [0.15, 0.2) is 84.6 Å². The first-order chi connectivity index (χ1) is 15.8. The largest absolute Gasteiger partial charge is 0.494 e. The maximum absolute atomic E-state index is 13.5. The number of carbonyl (C=O) groups is 2. The average Bonchev–Trinajstić information content (AvgIpc) is 3.04. The Labute approximate surface area is 194 Å². The number of amides is 2. The zero-order valence-corrected chi connectivity index (χ0v) is 19.4. The van der Waals surface area contributed by atoms with Crippen LogP contribution in [0.3, 0.4) is 0 Å². The first kappa shape index (κ1) is 22.3. The first-order valence-corrected chi connectivity index (χ1v) is 11.1. The van der Waals surface area contributed by atoms with E-state index in [9.17, 15) is 9.59 Å². The number of anilines is 2. The van der Waals surface area contributed by atoms with Gasteiger partial charge < -0.3 is 10.1 Å². The van der Waals surface area contributed by atoms with Crippen molar-refractivity contribution in [2.45, 2.75) is 33.1 Å². The predicted molar refractivity (Wildman–Crippen MR) is 132 cm³/mol. The molecular weight excluding hydrogens is 412 g/mol. The number of rotatable bonds is 6. The standard InChI is InChI=1S/C28H28N2O3/c1-5-33-23-17-13-21(14-18-23)29-25-24(19-9-7-6-8-10-19)26(31)30(27(25)32)22-15-11-20(12-16-22)28(2,3)4/h6-18,29H,5H2,1-4H3. The molecule has 5 heteroatoms. The zero-order valence-electron chi connectivity index (χ0n) is 19.4. The molecule has 3 aromatic carbocycles. The topological polar surface area (TPSA) is 58.6 Å². The molecule has 33 heavy (non-hydrogen) atoms. The minimum atomic E-state index is -0.378. The zero-order chi connectivity index (χ0) is 23.6. The van der Waals surface area contributed by atoms with Gasteiger partial charge in [-0.25, -0.2) is 4.90 Å². The van der Waals surface area contributed by atoms with Crippen LogP contribution >= 0.6 is 0 Å². The highest BCUT2D eigenvalue weighted by molar-refractivity contribution is 6.46. The van der Waals surface area contributed by atoms with E-state index in [2.05, 4.69) is 26.1 Å². The lowest BCUT2D eigenvalue weighted by molar-refractivity contribution is -0.120. The second-order valence-electron chi connectivity index (χ2n) is 8.94. The summed E-state index contributed by atoms with van der Waals surface area (Å²) < 4.78 is 5.50. The van der Waals surface area contributed by atoms with Crippen LogP contribution in [0, 0.1) is 0 Å². The summed E-state index contributed by atoms with van der Waals surface area (Å²) >= 11 is 0. The summed E-state index contributed by atoms with van der Waals surface area (Å²) in [5, 5.41) is 3.19. The van der Waals surface area contributed by atoms with Gasteiger partial charge in [0, 0.05) is 5.69 Å².